The Bertz CT molecular complexity index is 922. The molecule has 27 heavy (non-hydrogen) atoms. The Labute approximate surface area is 157 Å². The molecule has 1 heterocycles. The highest BCUT2D eigenvalue weighted by molar-refractivity contribution is 6.03. The monoisotopic (exact) mass is 363 g/mol. The molecule has 3 atom stereocenters. The second-order valence-corrected chi connectivity index (χ2v) is 7.55. The number of hydrogen-bond donors (Lipinski definition) is 1. The summed E-state index contributed by atoms with van der Waals surface area (Å²) >= 11 is 0. The zero-order valence-corrected chi connectivity index (χ0v) is 14.9. The smallest absolute Gasteiger partial charge is 0.220 e. The third-order valence-corrected chi connectivity index (χ3v) is 5.68. The van der Waals surface area contributed by atoms with Crippen molar-refractivity contribution in [3.8, 4) is 11.5 Å². The van der Waals surface area contributed by atoms with Gasteiger partial charge in [0.05, 0.1) is 0 Å². The number of Topliss-reactive ketones (excluding diaryl/α,β-unsaturated/α-hetero) is 1. The lowest BCUT2D eigenvalue weighted by molar-refractivity contribution is -0.121. The molecule has 0 radical (unpaired) electrons. The fourth-order valence-corrected chi connectivity index (χ4v) is 4.18. The number of fused-ring (bicyclic) bond motifs is 2. The first-order valence-corrected chi connectivity index (χ1v) is 9.50. The average Bonchev–Trinajstić information content (AvgIpc) is 3.38. The number of benzene rings is 2. The second-order valence-electron chi connectivity index (χ2n) is 7.55. The Morgan fingerprint density at radius 1 is 1.07 bits per heavy atom. The summed E-state index contributed by atoms with van der Waals surface area (Å²) in [6, 6.07) is 13.8. The molecule has 3 aliphatic rings. The zero-order chi connectivity index (χ0) is 18.4. The van der Waals surface area contributed by atoms with Gasteiger partial charge in [0.15, 0.2) is 17.3 Å². The van der Waals surface area contributed by atoms with Crippen molar-refractivity contribution in [3.05, 3.63) is 59.2 Å². The van der Waals surface area contributed by atoms with E-state index in [1.807, 2.05) is 42.5 Å². The molecular formula is C22H21NO4. The van der Waals surface area contributed by atoms with Crippen LogP contribution in [0.1, 0.15) is 40.2 Å². The van der Waals surface area contributed by atoms with Crippen molar-refractivity contribution in [1.29, 1.82) is 0 Å². The molecule has 138 valence electrons. The topological polar surface area (TPSA) is 64.6 Å². The van der Waals surface area contributed by atoms with Crippen molar-refractivity contribution in [1.82, 2.24) is 5.32 Å². The van der Waals surface area contributed by atoms with E-state index >= 15 is 0 Å². The van der Waals surface area contributed by atoms with E-state index in [0.717, 1.165) is 34.6 Å². The lowest BCUT2D eigenvalue weighted by Crippen LogP contribution is -2.29. The van der Waals surface area contributed by atoms with E-state index in [9.17, 15) is 9.59 Å². The summed E-state index contributed by atoms with van der Waals surface area (Å²) in [5.41, 5.74) is 2.99. The minimum Gasteiger partial charge on any atom is -0.486 e. The number of amides is 1. The van der Waals surface area contributed by atoms with E-state index in [1.54, 1.807) is 0 Å². The molecule has 1 amide bonds. The molecule has 1 N–H and O–H groups in total. The highest BCUT2D eigenvalue weighted by Crippen LogP contribution is 2.44. The molecular weight excluding hydrogens is 342 g/mol. The van der Waals surface area contributed by atoms with Gasteiger partial charge >= 0.3 is 0 Å². The van der Waals surface area contributed by atoms with Crippen LogP contribution in [-0.2, 0) is 11.2 Å². The van der Waals surface area contributed by atoms with Crippen LogP contribution in [0.2, 0.25) is 0 Å². The summed E-state index contributed by atoms with van der Waals surface area (Å²) in [7, 11) is 0. The summed E-state index contributed by atoms with van der Waals surface area (Å²) in [4.78, 5) is 24.9. The van der Waals surface area contributed by atoms with Crippen LogP contribution in [0.15, 0.2) is 42.5 Å². The summed E-state index contributed by atoms with van der Waals surface area (Å²) in [5.74, 6) is 1.71. The van der Waals surface area contributed by atoms with Crippen molar-refractivity contribution >= 4 is 11.7 Å². The maximum Gasteiger partial charge on any atom is 0.220 e. The van der Waals surface area contributed by atoms with Crippen LogP contribution in [0.25, 0.3) is 0 Å². The van der Waals surface area contributed by atoms with Crippen molar-refractivity contribution in [2.75, 3.05) is 13.2 Å². The van der Waals surface area contributed by atoms with Crippen molar-refractivity contribution in [2.45, 2.75) is 31.2 Å². The first-order valence-electron chi connectivity index (χ1n) is 9.50. The van der Waals surface area contributed by atoms with Crippen LogP contribution in [-0.4, -0.2) is 30.9 Å². The van der Waals surface area contributed by atoms with Gasteiger partial charge in [-0.3, -0.25) is 9.59 Å². The predicted octanol–water partition coefficient (Wildman–Crippen LogP) is 2.88. The quantitative estimate of drug-likeness (QED) is 0.907. The second kappa shape index (κ2) is 6.41. The van der Waals surface area contributed by atoms with Crippen LogP contribution in [0.4, 0.5) is 0 Å². The maximum absolute atomic E-state index is 12.5. The van der Waals surface area contributed by atoms with Gasteiger partial charge in [0.2, 0.25) is 5.91 Å². The Kier molecular flexibility index (Phi) is 3.88. The van der Waals surface area contributed by atoms with Gasteiger partial charge in [0, 0.05) is 29.9 Å². The summed E-state index contributed by atoms with van der Waals surface area (Å²) in [5, 5.41) is 3.09. The van der Waals surface area contributed by atoms with Gasteiger partial charge in [0.1, 0.15) is 13.2 Å². The fraction of sp³-hybridized carbons (Fsp3) is 0.364. The zero-order valence-electron chi connectivity index (χ0n) is 14.9. The van der Waals surface area contributed by atoms with E-state index in [-0.39, 0.29) is 30.1 Å². The number of hydrogen-bond acceptors (Lipinski definition) is 4. The van der Waals surface area contributed by atoms with E-state index < -0.39 is 0 Å². The Morgan fingerprint density at radius 3 is 2.74 bits per heavy atom. The van der Waals surface area contributed by atoms with Crippen LogP contribution in [0.5, 0.6) is 11.5 Å². The predicted molar refractivity (Wildman–Crippen MR) is 99.3 cm³/mol. The summed E-state index contributed by atoms with van der Waals surface area (Å²) in [6.07, 6.45) is 1.85. The van der Waals surface area contributed by atoms with Gasteiger partial charge in [-0.05, 0) is 36.1 Å². The first-order chi connectivity index (χ1) is 13.2. The maximum atomic E-state index is 12.5. The lowest BCUT2D eigenvalue weighted by Gasteiger charge is -2.19. The number of carbonyl (C=O) groups excluding carboxylic acids is 2. The number of ether oxygens (including phenoxy) is 2. The molecule has 5 rings (SSSR count). The molecule has 1 unspecified atom stereocenters. The van der Waals surface area contributed by atoms with Gasteiger partial charge in [-0.2, -0.15) is 0 Å². The fourth-order valence-electron chi connectivity index (χ4n) is 4.18. The van der Waals surface area contributed by atoms with E-state index in [1.165, 1.54) is 0 Å². The van der Waals surface area contributed by atoms with Gasteiger partial charge in [-0.25, -0.2) is 0 Å². The van der Waals surface area contributed by atoms with Crippen LogP contribution in [0, 0.1) is 5.92 Å². The highest BCUT2D eigenvalue weighted by atomic mass is 16.6. The molecule has 0 spiro atoms. The van der Waals surface area contributed by atoms with Gasteiger partial charge in [-0.1, -0.05) is 30.3 Å². The van der Waals surface area contributed by atoms with E-state index in [4.69, 9.17) is 9.47 Å². The summed E-state index contributed by atoms with van der Waals surface area (Å²) in [6.45, 7) is 1.15. The van der Waals surface area contributed by atoms with Crippen LogP contribution >= 0.6 is 0 Å². The van der Waals surface area contributed by atoms with Crippen molar-refractivity contribution in [2.24, 2.45) is 5.92 Å². The van der Waals surface area contributed by atoms with Gasteiger partial charge < -0.3 is 14.8 Å². The number of nitrogens with one attached hydrogen (secondary N) is 1. The van der Waals surface area contributed by atoms with Crippen molar-refractivity contribution in [3.63, 3.8) is 0 Å². The van der Waals surface area contributed by atoms with Crippen LogP contribution < -0.4 is 14.8 Å². The van der Waals surface area contributed by atoms with E-state index in [0.29, 0.717) is 25.6 Å². The van der Waals surface area contributed by atoms with Gasteiger partial charge in [-0.15, -0.1) is 0 Å². The summed E-state index contributed by atoms with van der Waals surface area (Å²) < 4.78 is 11.2. The molecule has 5 nitrogen and oxygen atoms in total. The minimum absolute atomic E-state index is 0.0359. The molecule has 0 aromatic heterocycles. The Hall–Kier alpha value is -2.82. The molecule has 2 aromatic rings. The molecule has 5 heteroatoms. The largest absolute Gasteiger partial charge is 0.486 e. The van der Waals surface area contributed by atoms with Crippen molar-refractivity contribution < 1.29 is 19.1 Å². The molecule has 0 saturated heterocycles. The minimum atomic E-state index is -0.228. The molecule has 1 aliphatic heterocycles. The average molecular weight is 363 g/mol. The first kappa shape index (κ1) is 16.4. The molecule has 1 saturated carbocycles. The Morgan fingerprint density at radius 2 is 1.89 bits per heavy atom. The van der Waals surface area contributed by atoms with Gasteiger partial charge in [0.25, 0.3) is 0 Å². The third-order valence-electron chi connectivity index (χ3n) is 5.68. The SMILES string of the molecule is O=C(CC1Cc2ccccc2C1=O)N[C@@H]1C[C@H]1c1ccc2c(c1)OCCO2. The van der Waals surface area contributed by atoms with Crippen LogP contribution in [0.3, 0.4) is 0 Å². The standard InChI is InChI=1S/C22H21NO4/c24-21(11-15-9-13-3-1-2-4-16(13)22(15)25)23-18-12-17(18)14-5-6-19-20(10-14)27-8-7-26-19/h1-6,10,15,17-18H,7-9,11-12H2,(H,23,24)/t15?,17-,18+/m0/s1. The lowest BCUT2D eigenvalue weighted by atomic mass is 10.0. The number of carbonyl (C=O) groups is 2. The molecule has 1 fully saturated rings. The highest BCUT2D eigenvalue weighted by Gasteiger charge is 2.41. The number of rotatable bonds is 4. The van der Waals surface area contributed by atoms with E-state index in [2.05, 4.69) is 5.32 Å². The Balaban J connectivity index is 1.18. The normalized spacial score (nSPS) is 25.0. The number of ketones is 1. The molecule has 2 aliphatic carbocycles. The molecule has 2 aromatic carbocycles. The molecule has 0 bridgehead atoms. The third kappa shape index (κ3) is 3.07.